The van der Waals surface area contributed by atoms with Gasteiger partial charge in [0.1, 0.15) is 5.82 Å². The third kappa shape index (κ3) is 4.66. The fraction of sp³-hybridized carbons (Fsp3) is 0.611. The number of carbonyl (C=O) groups is 1. The van der Waals surface area contributed by atoms with Crippen molar-refractivity contribution in [3.05, 3.63) is 29.6 Å². The SMILES string of the molecule is CC(C)NS(=O)(=O)c1ccc(F)c(C(=O)N2CCC(C3OCCO3)CC2)c1. The van der Waals surface area contributed by atoms with Gasteiger partial charge in [0.2, 0.25) is 10.0 Å². The molecule has 1 N–H and O–H groups in total. The standard InChI is InChI=1S/C18H25FN2O5S/c1-12(2)20-27(23,24)14-3-4-16(19)15(11-14)17(22)21-7-5-13(6-8-21)18-25-9-10-26-18/h3-4,11-13,18,20H,5-10H2,1-2H3. The molecule has 9 heteroatoms. The lowest BCUT2D eigenvalue weighted by Gasteiger charge is -2.34. The molecule has 2 fully saturated rings. The predicted molar refractivity (Wildman–Crippen MR) is 96.2 cm³/mol. The van der Waals surface area contributed by atoms with Crippen molar-refractivity contribution < 1.29 is 27.1 Å². The van der Waals surface area contributed by atoms with Gasteiger partial charge in [0.25, 0.3) is 5.91 Å². The lowest BCUT2D eigenvalue weighted by molar-refractivity contribution is -0.0956. The van der Waals surface area contributed by atoms with Crippen LogP contribution in [-0.2, 0) is 19.5 Å². The van der Waals surface area contributed by atoms with E-state index in [0.717, 1.165) is 18.2 Å². The molecule has 2 aliphatic heterocycles. The van der Waals surface area contributed by atoms with Crippen LogP contribution >= 0.6 is 0 Å². The Morgan fingerprint density at radius 3 is 2.44 bits per heavy atom. The molecule has 1 aromatic rings. The van der Waals surface area contributed by atoms with E-state index in [1.807, 2.05) is 0 Å². The molecule has 150 valence electrons. The summed E-state index contributed by atoms with van der Waals surface area (Å²) in [5.74, 6) is -1.02. The topological polar surface area (TPSA) is 84.9 Å². The molecule has 1 amide bonds. The van der Waals surface area contributed by atoms with Gasteiger partial charge in [-0.2, -0.15) is 0 Å². The lowest BCUT2D eigenvalue weighted by Crippen LogP contribution is -2.41. The van der Waals surface area contributed by atoms with Gasteiger partial charge in [-0.05, 0) is 44.9 Å². The van der Waals surface area contributed by atoms with Crippen LogP contribution in [-0.4, -0.2) is 57.9 Å². The number of halogens is 1. The van der Waals surface area contributed by atoms with E-state index in [0.29, 0.717) is 39.1 Å². The summed E-state index contributed by atoms with van der Waals surface area (Å²) in [7, 11) is -3.80. The number of ether oxygens (including phenoxy) is 2. The van der Waals surface area contributed by atoms with Crippen LogP contribution in [0.15, 0.2) is 23.1 Å². The van der Waals surface area contributed by atoms with Crippen molar-refractivity contribution >= 4 is 15.9 Å². The monoisotopic (exact) mass is 400 g/mol. The largest absolute Gasteiger partial charge is 0.350 e. The maximum atomic E-state index is 14.2. The zero-order valence-electron chi connectivity index (χ0n) is 15.5. The van der Waals surface area contributed by atoms with Crippen molar-refractivity contribution in [2.75, 3.05) is 26.3 Å². The highest BCUT2D eigenvalue weighted by molar-refractivity contribution is 7.89. The zero-order chi connectivity index (χ0) is 19.6. The van der Waals surface area contributed by atoms with Crippen LogP contribution in [0.4, 0.5) is 4.39 Å². The van der Waals surface area contributed by atoms with Crippen molar-refractivity contribution in [3.63, 3.8) is 0 Å². The minimum atomic E-state index is -3.80. The first-order valence-electron chi connectivity index (χ1n) is 9.12. The fourth-order valence-electron chi connectivity index (χ4n) is 3.41. The molecule has 0 aliphatic carbocycles. The first-order valence-corrected chi connectivity index (χ1v) is 10.6. The van der Waals surface area contributed by atoms with E-state index in [-0.39, 0.29) is 28.7 Å². The number of benzene rings is 1. The molecular weight excluding hydrogens is 375 g/mol. The van der Waals surface area contributed by atoms with Crippen molar-refractivity contribution in [2.24, 2.45) is 5.92 Å². The summed E-state index contributed by atoms with van der Waals surface area (Å²) < 4.78 is 52.3. The van der Waals surface area contributed by atoms with Gasteiger partial charge in [-0.25, -0.2) is 17.5 Å². The minimum absolute atomic E-state index is 0.122. The van der Waals surface area contributed by atoms with E-state index in [2.05, 4.69) is 4.72 Å². The normalized spacial score (nSPS) is 19.8. The number of hydrogen-bond acceptors (Lipinski definition) is 5. The molecule has 0 spiro atoms. The second-order valence-electron chi connectivity index (χ2n) is 7.16. The van der Waals surface area contributed by atoms with E-state index >= 15 is 0 Å². The highest BCUT2D eigenvalue weighted by Crippen LogP contribution is 2.27. The highest BCUT2D eigenvalue weighted by Gasteiger charge is 2.33. The van der Waals surface area contributed by atoms with Gasteiger partial charge in [-0.3, -0.25) is 4.79 Å². The maximum Gasteiger partial charge on any atom is 0.256 e. The fourth-order valence-corrected chi connectivity index (χ4v) is 4.68. The highest BCUT2D eigenvalue weighted by atomic mass is 32.2. The number of piperidine rings is 1. The van der Waals surface area contributed by atoms with Crippen LogP contribution in [0.2, 0.25) is 0 Å². The smallest absolute Gasteiger partial charge is 0.256 e. The summed E-state index contributed by atoms with van der Waals surface area (Å²) in [5.41, 5.74) is -0.228. The number of carbonyl (C=O) groups excluding carboxylic acids is 1. The Morgan fingerprint density at radius 2 is 1.85 bits per heavy atom. The second kappa shape index (κ2) is 8.22. The molecule has 2 aliphatic rings. The van der Waals surface area contributed by atoms with Crippen molar-refractivity contribution in [1.29, 1.82) is 0 Å². The molecule has 7 nitrogen and oxygen atoms in total. The Kier molecular flexibility index (Phi) is 6.15. The van der Waals surface area contributed by atoms with Crippen LogP contribution in [0.5, 0.6) is 0 Å². The molecule has 0 radical (unpaired) electrons. The van der Waals surface area contributed by atoms with E-state index < -0.39 is 21.7 Å². The molecular formula is C18H25FN2O5S. The van der Waals surface area contributed by atoms with Gasteiger partial charge >= 0.3 is 0 Å². The Hall–Kier alpha value is -1.55. The summed E-state index contributed by atoms with van der Waals surface area (Å²) in [4.78, 5) is 14.2. The minimum Gasteiger partial charge on any atom is -0.350 e. The summed E-state index contributed by atoms with van der Waals surface area (Å²) in [6, 6.07) is 2.99. The summed E-state index contributed by atoms with van der Waals surface area (Å²) in [6.07, 6.45) is 1.17. The second-order valence-corrected chi connectivity index (χ2v) is 8.87. The number of hydrogen-bond donors (Lipinski definition) is 1. The van der Waals surface area contributed by atoms with Gasteiger partial charge in [-0.15, -0.1) is 0 Å². The van der Waals surface area contributed by atoms with E-state index in [9.17, 15) is 17.6 Å². The molecule has 2 heterocycles. The molecule has 2 saturated heterocycles. The van der Waals surface area contributed by atoms with E-state index in [1.165, 1.54) is 0 Å². The average molecular weight is 400 g/mol. The first-order chi connectivity index (χ1) is 12.8. The third-order valence-electron chi connectivity index (χ3n) is 4.73. The van der Waals surface area contributed by atoms with Crippen LogP contribution in [0.1, 0.15) is 37.0 Å². The zero-order valence-corrected chi connectivity index (χ0v) is 16.3. The number of amides is 1. The van der Waals surface area contributed by atoms with E-state index in [4.69, 9.17) is 9.47 Å². The summed E-state index contributed by atoms with van der Waals surface area (Å²) >= 11 is 0. The van der Waals surface area contributed by atoms with Crippen LogP contribution in [0, 0.1) is 11.7 Å². The molecule has 0 unspecified atom stereocenters. The Labute approximate surface area is 158 Å². The van der Waals surface area contributed by atoms with Crippen molar-refractivity contribution in [2.45, 2.75) is 43.9 Å². The number of nitrogens with zero attached hydrogens (tertiary/aromatic N) is 1. The Morgan fingerprint density at radius 1 is 1.22 bits per heavy atom. The number of rotatable bonds is 5. The molecule has 0 saturated carbocycles. The maximum absolute atomic E-state index is 14.2. The van der Waals surface area contributed by atoms with Gasteiger partial charge < -0.3 is 14.4 Å². The summed E-state index contributed by atoms with van der Waals surface area (Å²) in [6.45, 7) is 5.45. The number of likely N-dealkylation sites (tertiary alicyclic amines) is 1. The van der Waals surface area contributed by atoms with Gasteiger partial charge in [0.05, 0.1) is 23.7 Å². The molecule has 0 atom stereocenters. The van der Waals surface area contributed by atoms with Crippen LogP contribution in [0.3, 0.4) is 0 Å². The third-order valence-corrected chi connectivity index (χ3v) is 6.38. The van der Waals surface area contributed by atoms with Crippen molar-refractivity contribution in [3.8, 4) is 0 Å². The number of nitrogens with one attached hydrogen (secondary N) is 1. The van der Waals surface area contributed by atoms with Crippen molar-refractivity contribution in [1.82, 2.24) is 9.62 Å². The molecule has 0 bridgehead atoms. The van der Waals surface area contributed by atoms with Crippen LogP contribution < -0.4 is 4.72 Å². The molecule has 27 heavy (non-hydrogen) atoms. The first kappa shape index (κ1) is 20.2. The Balaban J connectivity index is 1.72. The van der Waals surface area contributed by atoms with Crippen LogP contribution in [0.25, 0.3) is 0 Å². The van der Waals surface area contributed by atoms with Gasteiger partial charge in [-0.1, -0.05) is 0 Å². The molecule has 1 aromatic carbocycles. The molecule has 3 rings (SSSR count). The number of sulfonamides is 1. The van der Waals surface area contributed by atoms with Gasteiger partial charge in [0, 0.05) is 25.0 Å². The quantitative estimate of drug-likeness (QED) is 0.814. The van der Waals surface area contributed by atoms with E-state index in [1.54, 1.807) is 18.7 Å². The van der Waals surface area contributed by atoms with Gasteiger partial charge in [0.15, 0.2) is 6.29 Å². The predicted octanol–water partition coefficient (Wildman–Crippen LogP) is 1.74. The Bertz CT molecular complexity index is 785. The molecule has 0 aromatic heterocycles. The average Bonchev–Trinajstić information content (AvgIpc) is 3.15. The lowest BCUT2D eigenvalue weighted by atomic mass is 9.95. The summed E-state index contributed by atoms with van der Waals surface area (Å²) in [5, 5.41) is 0.